The minimum atomic E-state index is -3.51. The van der Waals surface area contributed by atoms with Crippen molar-refractivity contribution in [2.75, 3.05) is 26.7 Å². The molecule has 1 saturated heterocycles. The van der Waals surface area contributed by atoms with Gasteiger partial charge in [-0.25, -0.2) is 17.9 Å². The molecule has 2 rings (SSSR count). The third-order valence-electron chi connectivity index (χ3n) is 3.55. The van der Waals surface area contributed by atoms with Crippen LogP contribution in [0.25, 0.3) is 0 Å². The molecule has 116 valence electrons. The molecule has 0 aromatic carbocycles. The first-order valence-electron chi connectivity index (χ1n) is 6.75. The second-order valence-corrected chi connectivity index (χ2v) is 6.71. The lowest BCUT2D eigenvalue weighted by Crippen LogP contribution is -2.41. The van der Waals surface area contributed by atoms with Gasteiger partial charge in [-0.3, -0.25) is 4.98 Å². The van der Waals surface area contributed by atoms with E-state index in [2.05, 4.69) is 14.4 Å². The summed E-state index contributed by atoms with van der Waals surface area (Å²) in [5.41, 5.74) is 0. The normalized spacial score (nSPS) is 16.7. The molecule has 2 heterocycles. The fourth-order valence-corrected chi connectivity index (χ4v) is 3.34. The van der Waals surface area contributed by atoms with Crippen LogP contribution in [0.15, 0.2) is 29.4 Å². The number of hydrogen-bond donors (Lipinski definition) is 1. The van der Waals surface area contributed by atoms with Crippen molar-refractivity contribution >= 4 is 16.1 Å². The molecule has 1 aliphatic rings. The number of nitrogens with zero attached hydrogens (tertiary/aromatic N) is 2. The van der Waals surface area contributed by atoms with Gasteiger partial charge in [-0.1, -0.05) is 0 Å². The van der Waals surface area contributed by atoms with Crippen LogP contribution in [0.3, 0.4) is 0 Å². The lowest BCUT2D eigenvalue weighted by molar-refractivity contribution is 0.106. The molecule has 0 bridgehead atoms. The number of amides is 1. The number of hydrogen-bond acceptors (Lipinski definition) is 5. The Morgan fingerprint density at radius 1 is 1.48 bits per heavy atom. The van der Waals surface area contributed by atoms with Gasteiger partial charge in [0.15, 0.2) is 0 Å². The third-order valence-corrected chi connectivity index (χ3v) is 4.96. The van der Waals surface area contributed by atoms with Crippen LogP contribution in [-0.4, -0.2) is 51.1 Å². The highest BCUT2D eigenvalue weighted by Crippen LogP contribution is 2.17. The molecule has 0 aliphatic carbocycles. The topological polar surface area (TPSA) is 88.6 Å². The summed E-state index contributed by atoms with van der Waals surface area (Å²) in [6.45, 7) is 1.55. The molecular weight excluding hydrogens is 294 g/mol. The fraction of sp³-hybridized carbons (Fsp3) is 0.538. The maximum Gasteiger partial charge on any atom is 0.409 e. The van der Waals surface area contributed by atoms with Crippen molar-refractivity contribution in [3.8, 4) is 0 Å². The number of pyridine rings is 1. The Morgan fingerprint density at radius 3 is 2.76 bits per heavy atom. The molecule has 7 nitrogen and oxygen atoms in total. The van der Waals surface area contributed by atoms with Gasteiger partial charge in [0, 0.05) is 32.0 Å². The molecular formula is C13H19N3O4S. The van der Waals surface area contributed by atoms with Gasteiger partial charge in [0.1, 0.15) is 4.90 Å². The van der Waals surface area contributed by atoms with Crippen molar-refractivity contribution in [2.45, 2.75) is 17.7 Å². The highest BCUT2D eigenvalue weighted by molar-refractivity contribution is 7.89. The van der Waals surface area contributed by atoms with Crippen LogP contribution >= 0.6 is 0 Å². The first-order valence-corrected chi connectivity index (χ1v) is 8.24. The molecule has 0 radical (unpaired) electrons. The van der Waals surface area contributed by atoms with Gasteiger partial charge in [-0.15, -0.1) is 0 Å². The van der Waals surface area contributed by atoms with E-state index in [-0.39, 0.29) is 16.9 Å². The Kier molecular flexibility index (Phi) is 5.13. The Labute approximate surface area is 124 Å². The van der Waals surface area contributed by atoms with Gasteiger partial charge >= 0.3 is 6.09 Å². The van der Waals surface area contributed by atoms with Gasteiger partial charge in [0.2, 0.25) is 10.0 Å². The van der Waals surface area contributed by atoms with E-state index in [1.165, 1.54) is 25.6 Å². The summed E-state index contributed by atoms with van der Waals surface area (Å²) in [6.07, 6.45) is 4.03. The number of piperidine rings is 1. The third kappa shape index (κ3) is 4.15. The fourth-order valence-electron chi connectivity index (χ4n) is 2.27. The monoisotopic (exact) mass is 313 g/mol. The summed E-state index contributed by atoms with van der Waals surface area (Å²) in [5, 5.41) is 0. The Bertz CT molecular complexity index is 568. The molecule has 21 heavy (non-hydrogen) atoms. The minimum Gasteiger partial charge on any atom is -0.453 e. The van der Waals surface area contributed by atoms with Crippen LogP contribution in [0.5, 0.6) is 0 Å². The summed E-state index contributed by atoms with van der Waals surface area (Å²) in [5.74, 6) is 0.220. The highest BCUT2D eigenvalue weighted by atomic mass is 32.2. The molecule has 8 heteroatoms. The molecule has 0 saturated carbocycles. The number of sulfonamides is 1. The smallest absolute Gasteiger partial charge is 0.409 e. The number of carbonyl (C=O) groups is 1. The van der Waals surface area contributed by atoms with Crippen LogP contribution in [0.2, 0.25) is 0 Å². The average molecular weight is 313 g/mol. The van der Waals surface area contributed by atoms with Gasteiger partial charge in [0.05, 0.1) is 7.11 Å². The largest absolute Gasteiger partial charge is 0.453 e. The maximum absolute atomic E-state index is 12.1. The average Bonchev–Trinajstić information content (AvgIpc) is 2.53. The van der Waals surface area contributed by atoms with E-state index in [4.69, 9.17) is 0 Å². The zero-order valence-corrected chi connectivity index (χ0v) is 12.7. The standard InChI is InChI=1S/C13H19N3O4S/c1-20-13(17)16-7-4-11(5-8-16)9-15-21(18,19)12-3-2-6-14-10-12/h2-3,6,10-11,15H,4-5,7-9H2,1H3. The molecule has 0 atom stereocenters. The van der Waals surface area contributed by atoms with Crippen LogP contribution < -0.4 is 4.72 Å². The summed E-state index contributed by atoms with van der Waals surface area (Å²) in [6, 6.07) is 3.10. The Balaban J connectivity index is 1.84. The van der Waals surface area contributed by atoms with Crippen LogP contribution in [0.4, 0.5) is 4.79 Å². The van der Waals surface area contributed by atoms with E-state index < -0.39 is 10.0 Å². The predicted molar refractivity (Wildman–Crippen MR) is 76.1 cm³/mol. The molecule has 0 unspecified atom stereocenters. The number of ether oxygens (including phenoxy) is 1. The SMILES string of the molecule is COC(=O)N1CCC(CNS(=O)(=O)c2cccnc2)CC1. The Morgan fingerprint density at radius 2 is 2.19 bits per heavy atom. The van der Waals surface area contributed by atoms with Crippen LogP contribution in [-0.2, 0) is 14.8 Å². The predicted octanol–water partition coefficient (Wildman–Crippen LogP) is 0.838. The quantitative estimate of drug-likeness (QED) is 0.890. The van der Waals surface area contributed by atoms with E-state index in [1.807, 2.05) is 0 Å². The van der Waals surface area contributed by atoms with E-state index >= 15 is 0 Å². The van der Waals surface area contributed by atoms with Gasteiger partial charge < -0.3 is 9.64 Å². The zero-order chi connectivity index (χ0) is 15.3. The molecule has 1 aromatic rings. The summed E-state index contributed by atoms with van der Waals surface area (Å²) in [7, 11) is -2.15. The minimum absolute atomic E-state index is 0.164. The van der Waals surface area contributed by atoms with Crippen molar-refractivity contribution in [1.29, 1.82) is 0 Å². The summed E-state index contributed by atoms with van der Waals surface area (Å²) >= 11 is 0. The van der Waals surface area contributed by atoms with Gasteiger partial charge in [0.25, 0.3) is 0 Å². The number of rotatable bonds is 4. The molecule has 1 aliphatic heterocycles. The van der Waals surface area contributed by atoms with E-state index in [1.54, 1.807) is 11.0 Å². The van der Waals surface area contributed by atoms with Crippen molar-refractivity contribution in [3.05, 3.63) is 24.5 Å². The molecule has 1 amide bonds. The lowest BCUT2D eigenvalue weighted by Gasteiger charge is -2.30. The van der Waals surface area contributed by atoms with E-state index in [0.29, 0.717) is 19.6 Å². The number of aromatic nitrogens is 1. The molecule has 1 fully saturated rings. The van der Waals surface area contributed by atoms with Crippen LogP contribution in [0.1, 0.15) is 12.8 Å². The zero-order valence-electron chi connectivity index (χ0n) is 11.9. The van der Waals surface area contributed by atoms with Crippen molar-refractivity contribution in [3.63, 3.8) is 0 Å². The van der Waals surface area contributed by atoms with Gasteiger partial charge in [-0.2, -0.15) is 0 Å². The Hall–Kier alpha value is -1.67. The van der Waals surface area contributed by atoms with E-state index in [9.17, 15) is 13.2 Å². The maximum atomic E-state index is 12.1. The molecule has 1 aromatic heterocycles. The highest BCUT2D eigenvalue weighted by Gasteiger charge is 2.24. The van der Waals surface area contributed by atoms with Gasteiger partial charge in [-0.05, 0) is 30.9 Å². The number of methoxy groups -OCH3 is 1. The van der Waals surface area contributed by atoms with Crippen LogP contribution in [0, 0.1) is 5.92 Å². The molecule has 1 N–H and O–H groups in total. The second kappa shape index (κ2) is 6.86. The molecule has 0 spiro atoms. The van der Waals surface area contributed by atoms with E-state index in [0.717, 1.165) is 12.8 Å². The number of carbonyl (C=O) groups excluding carboxylic acids is 1. The number of nitrogens with one attached hydrogen (secondary N) is 1. The second-order valence-electron chi connectivity index (χ2n) is 4.94. The summed E-state index contributed by atoms with van der Waals surface area (Å²) in [4.78, 5) is 17.0. The van der Waals surface area contributed by atoms with Crippen molar-refractivity contribution in [1.82, 2.24) is 14.6 Å². The lowest BCUT2D eigenvalue weighted by atomic mass is 9.97. The van der Waals surface area contributed by atoms with Crippen molar-refractivity contribution in [2.24, 2.45) is 5.92 Å². The van der Waals surface area contributed by atoms with Crippen molar-refractivity contribution < 1.29 is 17.9 Å². The first-order chi connectivity index (χ1) is 10.0. The number of likely N-dealkylation sites (tertiary alicyclic amines) is 1. The summed E-state index contributed by atoms with van der Waals surface area (Å²) < 4.78 is 31.4. The first kappa shape index (κ1) is 15.7.